The van der Waals surface area contributed by atoms with Gasteiger partial charge in [0.1, 0.15) is 22.3 Å². The average Bonchev–Trinajstić information content (AvgIpc) is 2.86. The van der Waals surface area contributed by atoms with Crippen LogP contribution in [0.15, 0.2) is 67.3 Å². The van der Waals surface area contributed by atoms with Crippen molar-refractivity contribution in [2.24, 2.45) is 0 Å². The molecular formula is C26H28ClN5O3. The molecule has 1 aliphatic heterocycles. The molecule has 1 fully saturated rings. The van der Waals surface area contributed by atoms with Crippen molar-refractivity contribution in [1.82, 2.24) is 9.88 Å². The topological polar surface area (TPSA) is 79.0 Å². The van der Waals surface area contributed by atoms with Gasteiger partial charge in [-0.3, -0.25) is 4.79 Å². The normalized spacial score (nSPS) is 13.7. The SMILES string of the molecule is C=CC(=O)Nc1cccc(Oc2nc(Nc3ccc(N4CCN(C)CC4)c(OC)c3)ccc2Cl)c1. The molecule has 1 saturated heterocycles. The number of pyridine rings is 1. The monoisotopic (exact) mass is 493 g/mol. The third kappa shape index (κ3) is 6.23. The van der Waals surface area contributed by atoms with Crippen LogP contribution in [-0.2, 0) is 4.79 Å². The Bertz CT molecular complexity index is 1210. The summed E-state index contributed by atoms with van der Waals surface area (Å²) in [4.78, 5) is 20.7. The second-order valence-corrected chi connectivity index (χ2v) is 8.52. The minimum absolute atomic E-state index is 0.241. The Morgan fingerprint density at radius 3 is 2.63 bits per heavy atom. The van der Waals surface area contributed by atoms with Gasteiger partial charge in [-0.15, -0.1) is 0 Å². The van der Waals surface area contributed by atoms with Crippen LogP contribution in [0, 0.1) is 0 Å². The molecule has 8 nitrogen and oxygen atoms in total. The summed E-state index contributed by atoms with van der Waals surface area (Å²) >= 11 is 6.33. The number of ether oxygens (including phenoxy) is 2. The van der Waals surface area contributed by atoms with Gasteiger partial charge in [-0.2, -0.15) is 4.98 Å². The van der Waals surface area contributed by atoms with Crippen LogP contribution in [0.5, 0.6) is 17.4 Å². The molecule has 0 spiro atoms. The highest BCUT2D eigenvalue weighted by molar-refractivity contribution is 6.31. The fourth-order valence-corrected chi connectivity index (χ4v) is 3.86. The minimum atomic E-state index is -0.307. The van der Waals surface area contributed by atoms with E-state index < -0.39 is 0 Å². The molecule has 0 unspecified atom stereocenters. The minimum Gasteiger partial charge on any atom is -0.495 e. The summed E-state index contributed by atoms with van der Waals surface area (Å²) in [6, 6.07) is 16.4. The van der Waals surface area contributed by atoms with E-state index in [1.807, 2.05) is 12.1 Å². The number of aromatic nitrogens is 1. The van der Waals surface area contributed by atoms with Crippen molar-refractivity contribution in [3.63, 3.8) is 0 Å². The number of halogens is 1. The predicted molar refractivity (Wildman–Crippen MR) is 141 cm³/mol. The zero-order valence-corrected chi connectivity index (χ0v) is 20.5. The van der Waals surface area contributed by atoms with Crippen LogP contribution in [-0.4, -0.2) is 56.1 Å². The van der Waals surface area contributed by atoms with Gasteiger partial charge in [-0.05, 0) is 49.5 Å². The summed E-state index contributed by atoms with van der Waals surface area (Å²) in [6.07, 6.45) is 1.20. The van der Waals surface area contributed by atoms with Crippen molar-refractivity contribution < 1.29 is 14.3 Å². The fourth-order valence-electron chi connectivity index (χ4n) is 3.72. The molecule has 1 aromatic heterocycles. The van der Waals surface area contributed by atoms with E-state index in [0.29, 0.717) is 22.3 Å². The summed E-state index contributed by atoms with van der Waals surface area (Å²) in [7, 11) is 3.81. The molecule has 0 radical (unpaired) electrons. The second-order valence-electron chi connectivity index (χ2n) is 8.11. The van der Waals surface area contributed by atoms with E-state index in [1.165, 1.54) is 6.08 Å². The number of carbonyl (C=O) groups excluding carboxylic acids is 1. The number of nitrogens with one attached hydrogen (secondary N) is 2. The van der Waals surface area contributed by atoms with Gasteiger partial charge in [0.05, 0.1) is 12.8 Å². The van der Waals surface area contributed by atoms with Gasteiger partial charge in [0.25, 0.3) is 0 Å². The average molecular weight is 494 g/mol. The third-order valence-electron chi connectivity index (χ3n) is 5.61. The van der Waals surface area contributed by atoms with Crippen LogP contribution in [0.2, 0.25) is 5.02 Å². The van der Waals surface area contributed by atoms with Crippen LogP contribution in [0.4, 0.5) is 22.9 Å². The maximum atomic E-state index is 11.6. The Labute approximate surface area is 210 Å². The number of nitrogens with zero attached hydrogens (tertiary/aromatic N) is 3. The molecule has 1 aliphatic rings. The first-order valence-corrected chi connectivity index (χ1v) is 11.6. The van der Waals surface area contributed by atoms with Gasteiger partial charge in [0.15, 0.2) is 0 Å². The number of methoxy groups -OCH3 is 1. The zero-order chi connectivity index (χ0) is 24.8. The second kappa shape index (κ2) is 11.1. The molecule has 1 amide bonds. The molecule has 2 N–H and O–H groups in total. The smallest absolute Gasteiger partial charge is 0.247 e. The lowest BCUT2D eigenvalue weighted by atomic mass is 10.2. The van der Waals surface area contributed by atoms with Gasteiger partial charge in [0, 0.05) is 49.7 Å². The fraction of sp³-hybridized carbons (Fsp3) is 0.231. The first-order valence-electron chi connectivity index (χ1n) is 11.2. The summed E-state index contributed by atoms with van der Waals surface area (Å²) in [5, 5.41) is 6.35. The highest BCUT2D eigenvalue weighted by Gasteiger charge is 2.18. The number of anilines is 4. The largest absolute Gasteiger partial charge is 0.495 e. The quantitative estimate of drug-likeness (QED) is 0.420. The molecule has 9 heteroatoms. The number of benzene rings is 2. The molecular weight excluding hydrogens is 466 g/mol. The molecule has 0 aliphatic carbocycles. The van der Waals surface area contributed by atoms with Crippen LogP contribution in [0.1, 0.15) is 0 Å². The van der Waals surface area contributed by atoms with Crippen LogP contribution >= 0.6 is 11.6 Å². The number of carbonyl (C=O) groups is 1. The van der Waals surface area contributed by atoms with E-state index in [1.54, 1.807) is 43.5 Å². The molecule has 2 aromatic carbocycles. The summed E-state index contributed by atoms with van der Waals surface area (Å²) in [5.41, 5.74) is 2.47. The van der Waals surface area contributed by atoms with Gasteiger partial charge < -0.3 is 29.9 Å². The maximum Gasteiger partial charge on any atom is 0.247 e. The van der Waals surface area contributed by atoms with E-state index in [4.69, 9.17) is 21.1 Å². The molecule has 3 aromatic rings. The van der Waals surface area contributed by atoms with E-state index in [2.05, 4.69) is 45.1 Å². The van der Waals surface area contributed by atoms with Crippen LogP contribution in [0.25, 0.3) is 0 Å². The Kier molecular flexibility index (Phi) is 7.74. The van der Waals surface area contributed by atoms with E-state index in [0.717, 1.165) is 43.3 Å². The first-order chi connectivity index (χ1) is 16.9. The number of rotatable bonds is 8. The molecule has 182 valence electrons. The Hall–Kier alpha value is -3.75. The summed E-state index contributed by atoms with van der Waals surface area (Å²) < 4.78 is 11.6. The molecule has 4 rings (SSSR count). The molecule has 0 saturated carbocycles. The highest BCUT2D eigenvalue weighted by atomic mass is 35.5. The van der Waals surface area contributed by atoms with Crippen molar-refractivity contribution >= 4 is 40.4 Å². The lowest BCUT2D eigenvalue weighted by Gasteiger charge is -2.34. The Morgan fingerprint density at radius 1 is 1.09 bits per heavy atom. The highest BCUT2D eigenvalue weighted by Crippen LogP contribution is 2.34. The Morgan fingerprint density at radius 2 is 1.89 bits per heavy atom. The predicted octanol–water partition coefficient (Wildman–Crippen LogP) is 5.16. The Balaban J connectivity index is 1.50. The molecule has 0 bridgehead atoms. The maximum absolute atomic E-state index is 11.6. The first kappa shape index (κ1) is 24.4. The number of amides is 1. The van der Waals surface area contributed by atoms with Gasteiger partial charge in [0.2, 0.25) is 11.8 Å². The molecule has 2 heterocycles. The summed E-state index contributed by atoms with van der Waals surface area (Å²) in [6.45, 7) is 7.40. The van der Waals surface area contributed by atoms with E-state index in [9.17, 15) is 4.79 Å². The van der Waals surface area contributed by atoms with Crippen LogP contribution in [0.3, 0.4) is 0 Å². The molecule has 35 heavy (non-hydrogen) atoms. The van der Waals surface area contributed by atoms with Crippen LogP contribution < -0.4 is 25.0 Å². The standard InChI is InChI=1S/C26H28ClN5O3/c1-4-25(33)29-18-6-5-7-20(16-18)35-26-21(27)9-11-24(30-26)28-19-8-10-22(23(17-19)34-3)32-14-12-31(2)13-15-32/h4-11,16-17H,1,12-15H2,2-3H3,(H,28,30)(H,29,33). The van der Waals surface area contributed by atoms with Crippen molar-refractivity contribution in [3.05, 3.63) is 72.3 Å². The molecule has 0 atom stereocenters. The lowest BCUT2D eigenvalue weighted by Crippen LogP contribution is -2.44. The van der Waals surface area contributed by atoms with E-state index in [-0.39, 0.29) is 11.8 Å². The van der Waals surface area contributed by atoms with E-state index >= 15 is 0 Å². The van der Waals surface area contributed by atoms with Gasteiger partial charge >= 0.3 is 0 Å². The third-order valence-corrected chi connectivity index (χ3v) is 5.90. The number of piperazine rings is 1. The summed E-state index contributed by atoms with van der Waals surface area (Å²) in [5.74, 6) is 1.78. The van der Waals surface area contributed by atoms with Crippen molar-refractivity contribution in [2.45, 2.75) is 0 Å². The number of likely N-dealkylation sites (N-methyl/N-ethyl adjacent to an activating group) is 1. The van der Waals surface area contributed by atoms with Gasteiger partial charge in [-0.1, -0.05) is 24.2 Å². The number of hydrogen-bond donors (Lipinski definition) is 2. The lowest BCUT2D eigenvalue weighted by molar-refractivity contribution is -0.111. The number of hydrogen-bond acceptors (Lipinski definition) is 7. The zero-order valence-electron chi connectivity index (χ0n) is 19.8. The van der Waals surface area contributed by atoms with Crippen molar-refractivity contribution in [2.75, 3.05) is 55.9 Å². The van der Waals surface area contributed by atoms with Crippen molar-refractivity contribution in [3.8, 4) is 17.4 Å². The van der Waals surface area contributed by atoms with Crippen molar-refractivity contribution in [1.29, 1.82) is 0 Å². The van der Waals surface area contributed by atoms with Gasteiger partial charge in [-0.25, -0.2) is 0 Å².